The van der Waals surface area contributed by atoms with Crippen LogP contribution in [0.4, 0.5) is 0 Å². The molecular weight excluding hydrogens is 246 g/mol. The monoisotopic (exact) mass is 261 g/mol. The Morgan fingerprint density at radius 2 is 2.26 bits per heavy atom. The lowest BCUT2D eigenvalue weighted by Gasteiger charge is -2.07. The number of ether oxygens (including phenoxy) is 2. The number of benzene rings is 1. The van der Waals surface area contributed by atoms with Crippen molar-refractivity contribution in [3.05, 3.63) is 40.8 Å². The third-order valence-corrected chi connectivity index (χ3v) is 3.31. The lowest BCUT2D eigenvalue weighted by Crippen LogP contribution is -1.98. The third kappa shape index (κ3) is 2.17. The molecule has 5 nitrogen and oxygen atoms in total. The zero-order valence-corrected chi connectivity index (χ0v) is 10.8. The summed E-state index contributed by atoms with van der Waals surface area (Å²) < 4.78 is 16.2. The van der Waals surface area contributed by atoms with Gasteiger partial charge in [-0.3, -0.25) is 0 Å². The summed E-state index contributed by atoms with van der Waals surface area (Å²) >= 11 is 0. The van der Waals surface area contributed by atoms with Gasteiger partial charge in [0.2, 0.25) is 0 Å². The Labute approximate surface area is 110 Å². The molecule has 1 aromatic carbocycles. The first-order valence-electron chi connectivity index (χ1n) is 6.14. The molecule has 2 heterocycles. The van der Waals surface area contributed by atoms with Crippen LogP contribution in [-0.4, -0.2) is 16.9 Å². The molecule has 0 radical (unpaired) electrons. The lowest BCUT2D eigenvalue weighted by atomic mass is 10.1. The van der Waals surface area contributed by atoms with Crippen LogP contribution in [0.25, 0.3) is 0 Å². The molecule has 3 rings (SSSR count). The number of nitrogens with zero attached hydrogens (tertiary/aromatic N) is 1. The zero-order chi connectivity index (χ0) is 13.4. The quantitative estimate of drug-likeness (QED) is 0.918. The molecule has 2 aromatic rings. The maximum atomic E-state index is 9.64. The SMILES string of the molecule is Cc1noc(C)c1COc1ccc2c(c1)OCC2O. The van der Waals surface area contributed by atoms with E-state index < -0.39 is 6.10 Å². The van der Waals surface area contributed by atoms with Gasteiger partial charge >= 0.3 is 0 Å². The van der Waals surface area contributed by atoms with Crippen molar-refractivity contribution in [2.45, 2.75) is 26.6 Å². The van der Waals surface area contributed by atoms with E-state index >= 15 is 0 Å². The summed E-state index contributed by atoms with van der Waals surface area (Å²) in [6.07, 6.45) is -0.536. The van der Waals surface area contributed by atoms with E-state index in [1.54, 1.807) is 6.07 Å². The predicted molar refractivity (Wildman–Crippen MR) is 67.2 cm³/mol. The number of aromatic nitrogens is 1. The van der Waals surface area contributed by atoms with Crippen molar-refractivity contribution in [1.29, 1.82) is 0 Å². The van der Waals surface area contributed by atoms with Gasteiger partial charge in [-0.1, -0.05) is 5.16 Å². The van der Waals surface area contributed by atoms with E-state index in [1.165, 1.54) is 0 Å². The van der Waals surface area contributed by atoms with Crippen molar-refractivity contribution in [1.82, 2.24) is 5.16 Å². The van der Waals surface area contributed by atoms with Crippen LogP contribution < -0.4 is 9.47 Å². The highest BCUT2D eigenvalue weighted by Crippen LogP contribution is 2.35. The number of rotatable bonds is 3. The fourth-order valence-corrected chi connectivity index (χ4v) is 2.13. The molecule has 1 aliphatic heterocycles. The summed E-state index contributed by atoms with van der Waals surface area (Å²) in [4.78, 5) is 0. The minimum Gasteiger partial charge on any atom is -0.490 e. The minimum atomic E-state index is -0.536. The summed E-state index contributed by atoms with van der Waals surface area (Å²) in [5, 5.41) is 13.5. The molecule has 0 fully saturated rings. The number of hydrogen-bond donors (Lipinski definition) is 1. The summed E-state index contributed by atoms with van der Waals surface area (Å²) in [5.74, 6) is 2.15. The van der Waals surface area contributed by atoms with Gasteiger partial charge in [0, 0.05) is 11.6 Å². The Bertz CT molecular complexity index is 586. The highest BCUT2D eigenvalue weighted by molar-refractivity contribution is 5.44. The van der Waals surface area contributed by atoms with Crippen LogP contribution in [0.1, 0.15) is 28.7 Å². The molecule has 0 aliphatic carbocycles. The van der Waals surface area contributed by atoms with Crippen LogP contribution in [0.3, 0.4) is 0 Å². The van der Waals surface area contributed by atoms with Crippen LogP contribution >= 0.6 is 0 Å². The van der Waals surface area contributed by atoms with Gasteiger partial charge in [-0.05, 0) is 26.0 Å². The Morgan fingerprint density at radius 3 is 3.00 bits per heavy atom. The van der Waals surface area contributed by atoms with E-state index in [-0.39, 0.29) is 0 Å². The average molecular weight is 261 g/mol. The van der Waals surface area contributed by atoms with E-state index in [9.17, 15) is 5.11 Å². The minimum absolute atomic E-state index is 0.308. The third-order valence-electron chi connectivity index (χ3n) is 3.31. The first kappa shape index (κ1) is 12.0. The summed E-state index contributed by atoms with van der Waals surface area (Å²) in [7, 11) is 0. The molecule has 1 unspecified atom stereocenters. The fourth-order valence-electron chi connectivity index (χ4n) is 2.13. The molecule has 0 amide bonds. The number of aliphatic hydroxyl groups excluding tert-OH is 1. The van der Waals surface area contributed by atoms with Crippen molar-refractivity contribution in [3.8, 4) is 11.5 Å². The van der Waals surface area contributed by atoms with Crippen LogP contribution in [0.5, 0.6) is 11.5 Å². The lowest BCUT2D eigenvalue weighted by molar-refractivity contribution is 0.140. The largest absolute Gasteiger partial charge is 0.490 e. The van der Waals surface area contributed by atoms with E-state index in [1.807, 2.05) is 26.0 Å². The smallest absolute Gasteiger partial charge is 0.140 e. The molecule has 100 valence electrons. The summed E-state index contributed by atoms with van der Waals surface area (Å²) in [5.41, 5.74) is 2.61. The maximum absolute atomic E-state index is 9.64. The van der Waals surface area contributed by atoms with Crippen molar-refractivity contribution in [2.24, 2.45) is 0 Å². The second-order valence-electron chi connectivity index (χ2n) is 4.62. The van der Waals surface area contributed by atoms with Gasteiger partial charge in [0.25, 0.3) is 0 Å². The molecule has 0 spiro atoms. The van der Waals surface area contributed by atoms with Gasteiger partial charge in [-0.2, -0.15) is 0 Å². The standard InChI is InChI=1S/C14H15NO4/c1-8-12(9(2)19-15-8)6-17-10-3-4-11-13(16)7-18-14(11)5-10/h3-5,13,16H,6-7H2,1-2H3. The summed E-state index contributed by atoms with van der Waals surface area (Å²) in [6.45, 7) is 4.46. The molecule has 1 atom stereocenters. The van der Waals surface area contributed by atoms with Crippen molar-refractivity contribution < 1.29 is 19.1 Å². The van der Waals surface area contributed by atoms with Crippen LogP contribution in [0.2, 0.25) is 0 Å². The van der Waals surface area contributed by atoms with Crippen molar-refractivity contribution >= 4 is 0 Å². The Morgan fingerprint density at radius 1 is 1.42 bits per heavy atom. The fraction of sp³-hybridized carbons (Fsp3) is 0.357. The predicted octanol–water partition coefficient (Wildman–Crippen LogP) is 2.30. The highest BCUT2D eigenvalue weighted by atomic mass is 16.5. The maximum Gasteiger partial charge on any atom is 0.140 e. The van der Waals surface area contributed by atoms with E-state index in [2.05, 4.69) is 5.16 Å². The van der Waals surface area contributed by atoms with Crippen LogP contribution in [-0.2, 0) is 6.61 Å². The van der Waals surface area contributed by atoms with Gasteiger partial charge in [0.1, 0.15) is 36.6 Å². The molecule has 1 aliphatic rings. The Kier molecular flexibility index (Phi) is 2.91. The number of fused-ring (bicyclic) bond motifs is 1. The average Bonchev–Trinajstić information content (AvgIpc) is 2.92. The molecule has 0 bridgehead atoms. The number of hydrogen-bond acceptors (Lipinski definition) is 5. The van der Waals surface area contributed by atoms with Crippen molar-refractivity contribution in [2.75, 3.05) is 6.61 Å². The van der Waals surface area contributed by atoms with E-state index in [4.69, 9.17) is 14.0 Å². The molecule has 1 aromatic heterocycles. The van der Waals surface area contributed by atoms with Gasteiger partial charge in [-0.15, -0.1) is 0 Å². The van der Waals surface area contributed by atoms with Crippen molar-refractivity contribution in [3.63, 3.8) is 0 Å². The first-order chi connectivity index (χ1) is 9.15. The van der Waals surface area contributed by atoms with Gasteiger partial charge in [0.15, 0.2) is 0 Å². The second-order valence-corrected chi connectivity index (χ2v) is 4.62. The van der Waals surface area contributed by atoms with E-state index in [0.717, 1.165) is 22.6 Å². The van der Waals surface area contributed by atoms with Crippen LogP contribution in [0.15, 0.2) is 22.7 Å². The number of aryl methyl sites for hydroxylation is 2. The first-order valence-corrected chi connectivity index (χ1v) is 6.14. The molecule has 5 heteroatoms. The van der Waals surface area contributed by atoms with Gasteiger partial charge < -0.3 is 19.1 Å². The van der Waals surface area contributed by atoms with E-state index in [0.29, 0.717) is 24.7 Å². The van der Waals surface area contributed by atoms with Crippen LogP contribution in [0, 0.1) is 13.8 Å². The number of aliphatic hydroxyl groups is 1. The molecule has 1 N–H and O–H groups in total. The summed E-state index contributed by atoms with van der Waals surface area (Å²) in [6, 6.07) is 5.45. The van der Waals surface area contributed by atoms with Gasteiger partial charge in [-0.25, -0.2) is 0 Å². The molecule has 0 saturated heterocycles. The molecular formula is C14H15NO4. The topological polar surface area (TPSA) is 64.7 Å². The zero-order valence-electron chi connectivity index (χ0n) is 10.8. The second kappa shape index (κ2) is 4.59. The normalized spacial score (nSPS) is 17.1. The highest BCUT2D eigenvalue weighted by Gasteiger charge is 2.22. The Hall–Kier alpha value is -2.01. The van der Waals surface area contributed by atoms with Gasteiger partial charge in [0.05, 0.1) is 11.3 Å². The molecule has 19 heavy (non-hydrogen) atoms. The Balaban J connectivity index is 1.75. The molecule has 0 saturated carbocycles.